The number of carbonyl (C=O) groups is 1. The normalized spacial score (nSPS) is 15.8. The number of ether oxygens (including phenoxy) is 2. The van der Waals surface area contributed by atoms with Crippen molar-refractivity contribution in [2.24, 2.45) is 0 Å². The van der Waals surface area contributed by atoms with Gasteiger partial charge in [0, 0.05) is 65.5 Å². The number of nitrogens with one attached hydrogen (secondary N) is 2. The predicted molar refractivity (Wildman–Crippen MR) is 243 cm³/mol. The number of fused-ring (bicyclic) bond motifs is 1. The molecule has 12 nitrogen and oxygen atoms in total. The molecule has 0 bridgehead atoms. The van der Waals surface area contributed by atoms with Crippen LogP contribution in [0.25, 0.3) is 16.5 Å². The molecule has 334 valence electrons. The van der Waals surface area contributed by atoms with E-state index in [4.69, 9.17) is 21.1 Å². The van der Waals surface area contributed by atoms with Gasteiger partial charge in [-0.2, -0.15) is 13.2 Å². The molecule has 1 atom stereocenters. The second-order valence-electron chi connectivity index (χ2n) is 15.6. The lowest BCUT2D eigenvalue weighted by Gasteiger charge is -2.37. The average Bonchev–Trinajstić information content (AvgIpc) is 3.27. The highest BCUT2D eigenvalue weighted by Gasteiger charge is 2.39. The number of nitrogens with zero attached hydrogens (tertiary/aromatic N) is 5. The number of hydrogen-bond donors (Lipinski definition) is 2. The minimum Gasteiger partial charge on any atom is -0.465 e. The molecule has 2 aliphatic rings. The quantitative estimate of drug-likeness (QED) is 0.0729. The van der Waals surface area contributed by atoms with Gasteiger partial charge in [-0.1, -0.05) is 41.9 Å². The zero-order valence-electron chi connectivity index (χ0n) is 35.1. The molecule has 1 aromatic heterocycles. The molecular weight excluding hydrogens is 875 g/mol. The molecule has 2 N–H and O–H groups in total. The lowest BCUT2D eigenvalue weighted by molar-refractivity contribution is -0.137. The maximum Gasteiger partial charge on any atom is 0.418 e. The highest BCUT2D eigenvalue weighted by molar-refractivity contribution is 7.99. The van der Waals surface area contributed by atoms with Crippen molar-refractivity contribution in [1.82, 2.24) is 19.8 Å². The van der Waals surface area contributed by atoms with Crippen LogP contribution in [0.3, 0.4) is 0 Å². The number of alkyl halides is 3. The summed E-state index contributed by atoms with van der Waals surface area (Å²) < 4.78 is 86.0. The molecule has 0 amide bonds. The zero-order valence-corrected chi connectivity index (χ0v) is 37.5. The van der Waals surface area contributed by atoms with Crippen molar-refractivity contribution in [2.75, 3.05) is 94.4 Å². The molecule has 2 aliphatic heterocycles. The molecule has 1 fully saturated rings. The van der Waals surface area contributed by atoms with Crippen molar-refractivity contribution in [2.45, 2.75) is 34.9 Å². The molecule has 0 saturated carbocycles. The van der Waals surface area contributed by atoms with Gasteiger partial charge in [-0.05, 0) is 105 Å². The number of rotatable bonds is 16. The molecule has 7 rings (SSSR count). The number of methoxy groups -OCH3 is 1. The van der Waals surface area contributed by atoms with Gasteiger partial charge in [-0.15, -0.1) is 11.8 Å². The smallest absolute Gasteiger partial charge is 0.418 e. The van der Waals surface area contributed by atoms with E-state index in [1.165, 1.54) is 29.2 Å². The molecular formula is C45H49ClF3N7O5S2. The van der Waals surface area contributed by atoms with Crippen LogP contribution in [-0.4, -0.2) is 120 Å². The minimum atomic E-state index is -5.05. The Kier molecular flexibility index (Phi) is 14.8. The van der Waals surface area contributed by atoms with E-state index in [-0.39, 0.29) is 5.82 Å². The van der Waals surface area contributed by atoms with Gasteiger partial charge in [0.2, 0.25) is 0 Å². The van der Waals surface area contributed by atoms with Crippen LogP contribution in [0.2, 0.25) is 5.02 Å². The van der Waals surface area contributed by atoms with Crippen LogP contribution in [0.5, 0.6) is 0 Å². The van der Waals surface area contributed by atoms with Gasteiger partial charge in [0.25, 0.3) is 10.0 Å². The van der Waals surface area contributed by atoms with Gasteiger partial charge in [0.05, 0.1) is 47.6 Å². The number of benzene rings is 4. The Morgan fingerprint density at radius 2 is 1.75 bits per heavy atom. The van der Waals surface area contributed by atoms with E-state index in [0.29, 0.717) is 53.9 Å². The monoisotopic (exact) mass is 923 g/mol. The third kappa shape index (κ3) is 11.6. The first-order chi connectivity index (χ1) is 30.2. The molecule has 0 radical (unpaired) electrons. The number of anilines is 3. The van der Waals surface area contributed by atoms with Crippen molar-refractivity contribution < 1.29 is 35.9 Å². The van der Waals surface area contributed by atoms with E-state index in [1.807, 2.05) is 73.6 Å². The van der Waals surface area contributed by atoms with Gasteiger partial charge in [-0.3, -0.25) is 9.62 Å². The first-order valence-corrected chi connectivity index (χ1v) is 23.3. The summed E-state index contributed by atoms with van der Waals surface area (Å²) >= 11 is 7.59. The number of esters is 1. The fourth-order valence-corrected chi connectivity index (χ4v) is 9.87. The Hall–Kier alpha value is -4.91. The third-order valence-corrected chi connectivity index (χ3v) is 13.7. The summed E-state index contributed by atoms with van der Waals surface area (Å²) in [6.07, 6.45) is -2.60. The number of aromatic nitrogens is 2. The van der Waals surface area contributed by atoms with Gasteiger partial charge >= 0.3 is 12.1 Å². The fourth-order valence-electron chi connectivity index (χ4n) is 7.67. The van der Waals surface area contributed by atoms with Crippen LogP contribution in [0, 0.1) is 0 Å². The summed E-state index contributed by atoms with van der Waals surface area (Å²) in [6, 6.07) is 23.6. The number of hydrogen-bond acceptors (Lipinski definition) is 12. The van der Waals surface area contributed by atoms with Gasteiger partial charge in [-0.25, -0.2) is 23.2 Å². The Morgan fingerprint density at radius 3 is 2.44 bits per heavy atom. The summed E-state index contributed by atoms with van der Waals surface area (Å²) in [6.45, 7) is 5.65. The second kappa shape index (κ2) is 20.3. The highest BCUT2D eigenvalue weighted by Crippen LogP contribution is 2.40. The first kappa shape index (κ1) is 46.1. The summed E-state index contributed by atoms with van der Waals surface area (Å²) in [4.78, 5) is 28.4. The van der Waals surface area contributed by atoms with E-state index in [2.05, 4.69) is 41.9 Å². The number of thioether (sulfide) groups is 1. The molecule has 5 aromatic rings. The molecule has 0 aliphatic carbocycles. The summed E-state index contributed by atoms with van der Waals surface area (Å²) in [5.74, 6) is -0.907. The second-order valence-corrected chi connectivity index (χ2v) is 18.8. The Bertz CT molecular complexity index is 2540. The molecule has 1 saturated heterocycles. The third-order valence-electron chi connectivity index (χ3n) is 11.0. The van der Waals surface area contributed by atoms with Gasteiger partial charge in [0.1, 0.15) is 6.33 Å². The van der Waals surface area contributed by atoms with Crippen LogP contribution in [-0.2, 0) is 25.7 Å². The largest absolute Gasteiger partial charge is 0.465 e. The van der Waals surface area contributed by atoms with Crippen LogP contribution >= 0.6 is 23.4 Å². The minimum absolute atomic E-state index is 0.132. The maximum atomic E-state index is 15.0. The molecule has 4 aromatic carbocycles. The zero-order chi connectivity index (χ0) is 44.7. The molecule has 0 spiro atoms. The number of halogens is 4. The number of carbonyl (C=O) groups excluding carboxylic acids is 1. The molecule has 0 unspecified atom stereocenters. The fraction of sp³-hybridized carbons (Fsp3) is 0.356. The Balaban J connectivity index is 1.10. The summed E-state index contributed by atoms with van der Waals surface area (Å²) in [5.41, 5.74) is 2.57. The van der Waals surface area contributed by atoms with Crippen molar-refractivity contribution in [3.05, 3.63) is 119 Å². The van der Waals surface area contributed by atoms with E-state index < -0.39 is 49.9 Å². The Labute approximate surface area is 374 Å². The van der Waals surface area contributed by atoms with Crippen molar-refractivity contribution >= 4 is 73.0 Å². The van der Waals surface area contributed by atoms with Crippen LogP contribution < -0.4 is 14.9 Å². The molecule has 3 heterocycles. The summed E-state index contributed by atoms with van der Waals surface area (Å²) in [5, 5.41) is 3.99. The number of piperazine rings is 1. The predicted octanol–water partition coefficient (Wildman–Crippen LogP) is 8.41. The van der Waals surface area contributed by atoms with Crippen LogP contribution in [0.15, 0.2) is 107 Å². The van der Waals surface area contributed by atoms with Crippen molar-refractivity contribution in [1.29, 1.82) is 0 Å². The van der Waals surface area contributed by atoms with Crippen LogP contribution in [0.1, 0.15) is 34.3 Å². The SMILES string of the molecule is COC(=O)c1cc(S(=O)(=O)Nc2ncnc3cc(N4CCN(CC5=C(c6ccc(Cl)cc6)CCOC5)CC4)ccc23)cc(C(F)(F)F)c1N[C@H](CCN(C)C)CSc1ccccc1. The topological polar surface area (TPSA) is 129 Å². The van der Waals surface area contributed by atoms with E-state index in [0.717, 1.165) is 68.5 Å². The van der Waals surface area contributed by atoms with E-state index >= 15 is 0 Å². The molecule has 18 heteroatoms. The lowest BCUT2D eigenvalue weighted by Crippen LogP contribution is -2.47. The molecule has 63 heavy (non-hydrogen) atoms. The standard InChI is InChI=1S/C45H49ClF3N7O5S2/c1-54(2)17-15-33(28-62-35-7-5-4-6-8-35)52-42-39(44(57)60-3)24-36(25-40(42)45(47,48)49)63(58,59)53-43-38-14-13-34(23-41(38)50-29-51-43)56-20-18-55(19-21-56)26-31-27-61-22-16-37(31)30-9-11-32(46)12-10-30/h4-14,23-25,29,33,52H,15-22,26-28H2,1-3H3,(H,50,51,53)/t33-/m1/s1. The highest BCUT2D eigenvalue weighted by atomic mass is 35.5. The summed E-state index contributed by atoms with van der Waals surface area (Å²) in [7, 11) is -0.0319. The van der Waals surface area contributed by atoms with E-state index in [9.17, 15) is 26.4 Å². The van der Waals surface area contributed by atoms with Crippen LogP contribution in [0.4, 0.5) is 30.4 Å². The van der Waals surface area contributed by atoms with Gasteiger partial charge < -0.3 is 24.6 Å². The average molecular weight is 925 g/mol. The van der Waals surface area contributed by atoms with Gasteiger partial charge in [0.15, 0.2) is 5.82 Å². The number of sulfonamides is 1. The van der Waals surface area contributed by atoms with Crippen molar-refractivity contribution in [3.63, 3.8) is 0 Å². The first-order valence-electron chi connectivity index (χ1n) is 20.4. The maximum absolute atomic E-state index is 15.0. The van der Waals surface area contributed by atoms with E-state index in [1.54, 1.807) is 6.07 Å². The Morgan fingerprint density at radius 1 is 1.00 bits per heavy atom. The van der Waals surface area contributed by atoms with Crippen molar-refractivity contribution in [3.8, 4) is 0 Å². The lowest BCUT2D eigenvalue weighted by atomic mass is 9.95.